The molecule has 2 saturated heterocycles. The van der Waals surface area contributed by atoms with Gasteiger partial charge in [-0.1, -0.05) is 0 Å². The summed E-state index contributed by atoms with van der Waals surface area (Å²) in [5.41, 5.74) is 0. The predicted octanol–water partition coefficient (Wildman–Crippen LogP) is 1.21. The minimum absolute atomic E-state index is 0. The van der Waals surface area contributed by atoms with Crippen LogP contribution in [0.25, 0.3) is 0 Å². The average Bonchev–Trinajstić information content (AvgIpc) is 2.90. The van der Waals surface area contributed by atoms with Crippen LogP contribution in [0.15, 0.2) is 0 Å². The Kier molecular flexibility index (Phi) is 6.16. The van der Waals surface area contributed by atoms with E-state index in [0.29, 0.717) is 18.5 Å². The molecule has 1 aromatic heterocycles. The Morgan fingerprint density at radius 1 is 1.32 bits per heavy atom. The number of carbonyl (C=O) groups is 1. The molecule has 2 aliphatic heterocycles. The van der Waals surface area contributed by atoms with E-state index < -0.39 is 0 Å². The van der Waals surface area contributed by atoms with Crippen LogP contribution in [0.3, 0.4) is 0 Å². The number of nitrogens with one attached hydrogen (secondary N) is 2. The van der Waals surface area contributed by atoms with Crippen molar-refractivity contribution in [2.75, 3.05) is 25.0 Å². The Hall–Kier alpha value is -1.18. The molecule has 7 nitrogen and oxygen atoms in total. The Labute approximate surface area is 136 Å². The fraction of sp³-hybridized carbons (Fsp3) is 0.786. The zero-order valence-corrected chi connectivity index (χ0v) is 13.7. The molecule has 3 heterocycles. The number of halogens is 1. The van der Waals surface area contributed by atoms with E-state index in [4.69, 9.17) is 4.74 Å². The van der Waals surface area contributed by atoms with E-state index in [-0.39, 0.29) is 24.4 Å². The first kappa shape index (κ1) is 17.2. The number of anilines is 1. The van der Waals surface area contributed by atoms with Crippen LogP contribution in [0, 0.1) is 0 Å². The van der Waals surface area contributed by atoms with E-state index in [2.05, 4.69) is 20.7 Å². The predicted molar refractivity (Wildman–Crippen MR) is 85.3 cm³/mol. The summed E-state index contributed by atoms with van der Waals surface area (Å²) in [5, 5.41) is 10.6. The monoisotopic (exact) mass is 329 g/mol. The van der Waals surface area contributed by atoms with Gasteiger partial charge in [-0.3, -0.25) is 10.1 Å². The number of piperidine rings is 1. The minimum atomic E-state index is -0.349. The van der Waals surface area contributed by atoms with E-state index in [0.717, 1.165) is 51.0 Å². The number of hydrogen-bond acceptors (Lipinski definition) is 5. The van der Waals surface area contributed by atoms with Crippen LogP contribution in [-0.2, 0) is 16.6 Å². The molecule has 0 bridgehead atoms. The standard InChI is InChI=1S/C14H23N5O2.ClH/c1-19-14(17-13(20)11-4-2-3-9-21-11)16-12(18-19)10-5-7-15-8-6-10;/h10-11,15H,2-9H2,1H3,(H,16,17,18,20);1H. The number of hydrogen-bond donors (Lipinski definition) is 2. The van der Waals surface area contributed by atoms with E-state index in [1.54, 1.807) is 4.68 Å². The first-order valence-electron chi connectivity index (χ1n) is 7.78. The average molecular weight is 330 g/mol. The van der Waals surface area contributed by atoms with E-state index >= 15 is 0 Å². The van der Waals surface area contributed by atoms with Gasteiger partial charge in [0.1, 0.15) is 6.10 Å². The zero-order valence-electron chi connectivity index (χ0n) is 12.9. The van der Waals surface area contributed by atoms with Gasteiger partial charge in [-0.05, 0) is 45.2 Å². The molecule has 1 amide bonds. The van der Waals surface area contributed by atoms with Gasteiger partial charge in [-0.15, -0.1) is 12.4 Å². The molecule has 2 fully saturated rings. The van der Waals surface area contributed by atoms with Crippen LogP contribution < -0.4 is 10.6 Å². The lowest BCUT2D eigenvalue weighted by Gasteiger charge is -2.21. The van der Waals surface area contributed by atoms with Crippen molar-refractivity contribution in [2.24, 2.45) is 7.05 Å². The van der Waals surface area contributed by atoms with Crippen molar-refractivity contribution in [3.8, 4) is 0 Å². The summed E-state index contributed by atoms with van der Waals surface area (Å²) in [4.78, 5) is 16.7. The maximum absolute atomic E-state index is 12.2. The third kappa shape index (κ3) is 3.97. The largest absolute Gasteiger partial charge is 0.368 e. The van der Waals surface area contributed by atoms with Gasteiger partial charge in [0.15, 0.2) is 5.82 Å². The highest BCUT2D eigenvalue weighted by Gasteiger charge is 2.25. The van der Waals surface area contributed by atoms with Crippen LogP contribution in [0.1, 0.15) is 43.8 Å². The van der Waals surface area contributed by atoms with Crippen molar-refractivity contribution >= 4 is 24.3 Å². The SMILES string of the molecule is Cl.Cn1nc(C2CCNCC2)nc1NC(=O)C1CCCCO1. The quantitative estimate of drug-likeness (QED) is 0.871. The van der Waals surface area contributed by atoms with Gasteiger partial charge in [0.25, 0.3) is 5.91 Å². The number of aromatic nitrogens is 3. The van der Waals surface area contributed by atoms with Gasteiger partial charge in [0, 0.05) is 19.6 Å². The number of nitrogens with zero attached hydrogens (tertiary/aromatic N) is 3. The van der Waals surface area contributed by atoms with E-state index in [1.165, 1.54) is 0 Å². The van der Waals surface area contributed by atoms with Crippen LogP contribution in [0.5, 0.6) is 0 Å². The van der Waals surface area contributed by atoms with Crippen molar-refractivity contribution in [2.45, 2.75) is 44.1 Å². The van der Waals surface area contributed by atoms with Crippen molar-refractivity contribution < 1.29 is 9.53 Å². The Morgan fingerprint density at radius 3 is 2.77 bits per heavy atom. The Morgan fingerprint density at radius 2 is 2.09 bits per heavy atom. The smallest absolute Gasteiger partial charge is 0.255 e. The van der Waals surface area contributed by atoms with Gasteiger partial charge in [0.2, 0.25) is 5.95 Å². The number of rotatable bonds is 3. The van der Waals surface area contributed by atoms with Crippen LogP contribution in [0.4, 0.5) is 5.95 Å². The lowest BCUT2D eigenvalue weighted by molar-refractivity contribution is -0.130. The summed E-state index contributed by atoms with van der Waals surface area (Å²) >= 11 is 0. The molecule has 1 atom stereocenters. The first-order chi connectivity index (χ1) is 10.2. The summed E-state index contributed by atoms with van der Waals surface area (Å²) in [6, 6.07) is 0. The van der Waals surface area contributed by atoms with Gasteiger partial charge in [-0.2, -0.15) is 10.1 Å². The Bertz CT molecular complexity index is 495. The van der Waals surface area contributed by atoms with Gasteiger partial charge in [-0.25, -0.2) is 4.68 Å². The molecule has 2 N–H and O–H groups in total. The number of ether oxygens (including phenoxy) is 1. The first-order valence-corrected chi connectivity index (χ1v) is 7.78. The summed E-state index contributed by atoms with van der Waals surface area (Å²) in [6.45, 7) is 2.66. The third-order valence-corrected chi connectivity index (χ3v) is 4.19. The van der Waals surface area contributed by atoms with Crippen LogP contribution >= 0.6 is 12.4 Å². The second kappa shape index (κ2) is 7.89. The molecule has 22 heavy (non-hydrogen) atoms. The number of aryl methyl sites for hydroxylation is 1. The highest BCUT2D eigenvalue weighted by molar-refractivity contribution is 5.92. The summed E-state index contributed by atoms with van der Waals surface area (Å²) in [7, 11) is 1.81. The molecule has 0 spiro atoms. The lowest BCUT2D eigenvalue weighted by atomic mass is 9.98. The topological polar surface area (TPSA) is 81.1 Å². The summed E-state index contributed by atoms with van der Waals surface area (Å²) in [5.74, 6) is 1.62. The highest BCUT2D eigenvalue weighted by Crippen LogP contribution is 2.23. The van der Waals surface area contributed by atoms with Gasteiger partial charge in [0.05, 0.1) is 0 Å². The molecule has 2 aliphatic rings. The molecule has 0 radical (unpaired) electrons. The molecule has 0 aliphatic carbocycles. The minimum Gasteiger partial charge on any atom is -0.368 e. The molecule has 1 unspecified atom stereocenters. The highest BCUT2D eigenvalue weighted by atomic mass is 35.5. The lowest BCUT2D eigenvalue weighted by Crippen LogP contribution is -2.34. The van der Waals surface area contributed by atoms with Crippen LogP contribution in [-0.4, -0.2) is 46.5 Å². The zero-order chi connectivity index (χ0) is 14.7. The normalized spacial score (nSPS) is 22.9. The Balaban J connectivity index is 0.00000176. The molecule has 1 aromatic rings. The molecule has 3 rings (SSSR count). The van der Waals surface area contributed by atoms with Crippen LogP contribution in [0.2, 0.25) is 0 Å². The molecular formula is C14H24ClN5O2. The second-order valence-corrected chi connectivity index (χ2v) is 5.79. The van der Waals surface area contributed by atoms with E-state index in [1.807, 2.05) is 7.05 Å². The van der Waals surface area contributed by atoms with Crippen molar-refractivity contribution in [1.82, 2.24) is 20.1 Å². The molecule has 0 aromatic carbocycles. The fourth-order valence-corrected chi connectivity index (χ4v) is 2.90. The van der Waals surface area contributed by atoms with Crippen molar-refractivity contribution in [3.63, 3.8) is 0 Å². The van der Waals surface area contributed by atoms with Gasteiger partial charge >= 0.3 is 0 Å². The van der Waals surface area contributed by atoms with Gasteiger partial charge < -0.3 is 10.1 Å². The summed E-state index contributed by atoms with van der Waals surface area (Å²) in [6.07, 6.45) is 4.60. The van der Waals surface area contributed by atoms with Crippen molar-refractivity contribution in [3.05, 3.63) is 5.82 Å². The third-order valence-electron chi connectivity index (χ3n) is 4.19. The number of carbonyl (C=O) groups excluding carboxylic acids is 1. The molecule has 8 heteroatoms. The second-order valence-electron chi connectivity index (χ2n) is 5.79. The maximum Gasteiger partial charge on any atom is 0.255 e. The summed E-state index contributed by atoms with van der Waals surface area (Å²) < 4.78 is 7.15. The van der Waals surface area contributed by atoms with E-state index in [9.17, 15) is 4.79 Å². The molecule has 124 valence electrons. The fourth-order valence-electron chi connectivity index (χ4n) is 2.90. The maximum atomic E-state index is 12.2. The molecular weight excluding hydrogens is 306 g/mol. The van der Waals surface area contributed by atoms with Crippen molar-refractivity contribution in [1.29, 1.82) is 0 Å². The molecule has 0 saturated carbocycles. The number of amides is 1.